The van der Waals surface area contributed by atoms with E-state index < -0.39 is 5.54 Å². The van der Waals surface area contributed by atoms with Crippen LogP contribution in [0, 0.1) is 5.82 Å². The fourth-order valence-electron chi connectivity index (χ4n) is 5.45. The minimum atomic E-state index is -0.718. The lowest BCUT2D eigenvalue weighted by atomic mass is 9.98. The molecule has 1 spiro atoms. The summed E-state index contributed by atoms with van der Waals surface area (Å²) in [5.74, 6) is -0.663. The lowest BCUT2D eigenvalue weighted by molar-refractivity contribution is -0.131. The summed E-state index contributed by atoms with van der Waals surface area (Å²) in [6.07, 6.45) is 3.84. The van der Waals surface area contributed by atoms with Gasteiger partial charge in [0.1, 0.15) is 11.4 Å². The smallest absolute Gasteiger partial charge is 0.325 e. The summed E-state index contributed by atoms with van der Waals surface area (Å²) in [4.78, 5) is 43.6. The lowest BCUT2D eigenvalue weighted by Gasteiger charge is -2.37. The predicted molar refractivity (Wildman–Crippen MR) is 128 cm³/mol. The summed E-state index contributed by atoms with van der Waals surface area (Å²) in [6.45, 7) is 8.88. The Morgan fingerprint density at radius 2 is 1.88 bits per heavy atom. The Hall–Kier alpha value is -2.68. The standard InChI is InChI=1S/C25H36FN5O3/c1-3-29-13-15-30(16-14-29)21-9-8-19(26)17-20(21)18(2)27-22(32)7-6-12-31-23(33)25(28-24(31)34)10-4-5-11-25/h8-9,17-18H,3-7,10-16H2,1-2H3,(H,27,32)(H,28,34). The number of nitrogens with one attached hydrogen (secondary N) is 2. The van der Waals surface area contributed by atoms with Gasteiger partial charge in [-0.05, 0) is 50.9 Å². The zero-order valence-corrected chi connectivity index (χ0v) is 20.2. The van der Waals surface area contributed by atoms with E-state index in [0.717, 1.165) is 56.8 Å². The van der Waals surface area contributed by atoms with Crippen LogP contribution in [0.5, 0.6) is 0 Å². The van der Waals surface area contributed by atoms with Crippen LogP contribution in [0.2, 0.25) is 0 Å². The molecule has 1 atom stereocenters. The third-order valence-electron chi connectivity index (χ3n) is 7.48. The molecule has 0 aromatic heterocycles. The zero-order valence-electron chi connectivity index (χ0n) is 20.2. The van der Waals surface area contributed by atoms with Crippen LogP contribution in [-0.2, 0) is 9.59 Å². The number of amides is 4. The SMILES string of the molecule is CCN1CCN(c2ccc(F)cc2C(C)NC(=O)CCCN2C(=O)NC3(CCCC3)C2=O)CC1. The fraction of sp³-hybridized carbons (Fsp3) is 0.640. The quantitative estimate of drug-likeness (QED) is 0.567. The number of nitrogens with zero attached hydrogens (tertiary/aromatic N) is 3. The van der Waals surface area contributed by atoms with E-state index in [0.29, 0.717) is 19.3 Å². The first-order valence-electron chi connectivity index (χ1n) is 12.5. The molecular weight excluding hydrogens is 437 g/mol. The van der Waals surface area contributed by atoms with Crippen molar-refractivity contribution in [3.63, 3.8) is 0 Å². The van der Waals surface area contributed by atoms with Crippen LogP contribution in [0.15, 0.2) is 18.2 Å². The summed E-state index contributed by atoms with van der Waals surface area (Å²) in [5.41, 5.74) is 0.992. The number of rotatable bonds is 8. The first-order valence-corrected chi connectivity index (χ1v) is 12.5. The van der Waals surface area contributed by atoms with Gasteiger partial charge in [-0.3, -0.25) is 14.5 Å². The third kappa shape index (κ3) is 5.04. The number of urea groups is 1. The Morgan fingerprint density at radius 3 is 2.56 bits per heavy atom. The molecule has 2 heterocycles. The van der Waals surface area contributed by atoms with Crippen molar-refractivity contribution < 1.29 is 18.8 Å². The van der Waals surface area contributed by atoms with Gasteiger partial charge in [-0.25, -0.2) is 9.18 Å². The molecule has 9 heteroatoms. The molecule has 186 valence electrons. The predicted octanol–water partition coefficient (Wildman–Crippen LogP) is 2.79. The molecule has 4 rings (SSSR count). The van der Waals surface area contributed by atoms with Crippen LogP contribution >= 0.6 is 0 Å². The van der Waals surface area contributed by atoms with Gasteiger partial charge in [-0.15, -0.1) is 0 Å². The highest BCUT2D eigenvalue weighted by molar-refractivity contribution is 6.07. The van der Waals surface area contributed by atoms with Gasteiger partial charge in [0.05, 0.1) is 6.04 Å². The number of likely N-dealkylation sites (N-methyl/N-ethyl adjacent to an activating group) is 1. The monoisotopic (exact) mass is 473 g/mol. The first kappa shape index (κ1) is 24.4. The van der Waals surface area contributed by atoms with E-state index in [1.807, 2.05) is 6.92 Å². The second-order valence-corrected chi connectivity index (χ2v) is 9.69. The highest BCUT2D eigenvalue weighted by Crippen LogP contribution is 2.35. The molecule has 0 bridgehead atoms. The third-order valence-corrected chi connectivity index (χ3v) is 7.48. The minimum Gasteiger partial charge on any atom is -0.369 e. The Kier molecular flexibility index (Phi) is 7.40. The van der Waals surface area contributed by atoms with Crippen LogP contribution < -0.4 is 15.5 Å². The first-order chi connectivity index (χ1) is 16.3. The van der Waals surface area contributed by atoms with Crippen molar-refractivity contribution in [1.29, 1.82) is 0 Å². The maximum absolute atomic E-state index is 14.1. The molecule has 2 aliphatic heterocycles. The number of benzene rings is 1. The topological polar surface area (TPSA) is 85.0 Å². The van der Waals surface area contributed by atoms with E-state index in [4.69, 9.17) is 0 Å². The van der Waals surface area contributed by atoms with Crippen molar-refractivity contribution in [1.82, 2.24) is 20.4 Å². The fourth-order valence-corrected chi connectivity index (χ4v) is 5.45. The molecule has 4 amide bonds. The van der Waals surface area contributed by atoms with E-state index in [1.54, 1.807) is 6.07 Å². The van der Waals surface area contributed by atoms with Gasteiger partial charge in [0.25, 0.3) is 5.91 Å². The summed E-state index contributed by atoms with van der Waals surface area (Å²) >= 11 is 0. The summed E-state index contributed by atoms with van der Waals surface area (Å²) in [7, 11) is 0. The molecule has 1 saturated carbocycles. The average molecular weight is 474 g/mol. The number of piperazine rings is 1. The van der Waals surface area contributed by atoms with Gasteiger partial charge in [-0.2, -0.15) is 0 Å². The van der Waals surface area contributed by atoms with Gasteiger partial charge < -0.3 is 20.4 Å². The van der Waals surface area contributed by atoms with E-state index in [2.05, 4.69) is 27.4 Å². The molecule has 2 N–H and O–H groups in total. The molecule has 1 aromatic rings. The van der Waals surface area contributed by atoms with Gasteiger partial charge in [-0.1, -0.05) is 19.8 Å². The molecule has 1 unspecified atom stereocenters. The van der Waals surface area contributed by atoms with Crippen molar-refractivity contribution in [3.8, 4) is 0 Å². The molecule has 3 fully saturated rings. The summed E-state index contributed by atoms with van der Waals surface area (Å²) < 4.78 is 14.1. The molecule has 1 aliphatic carbocycles. The second kappa shape index (κ2) is 10.3. The van der Waals surface area contributed by atoms with E-state index in [9.17, 15) is 18.8 Å². The minimum absolute atomic E-state index is 0.156. The number of anilines is 1. The normalized spacial score (nSPS) is 21.3. The van der Waals surface area contributed by atoms with Crippen molar-refractivity contribution >= 4 is 23.5 Å². The molecule has 2 saturated heterocycles. The molecule has 3 aliphatic rings. The molecule has 34 heavy (non-hydrogen) atoms. The number of carbonyl (C=O) groups excluding carboxylic acids is 3. The number of hydrogen-bond donors (Lipinski definition) is 2. The average Bonchev–Trinajstić information content (AvgIpc) is 3.39. The van der Waals surface area contributed by atoms with Gasteiger partial charge in [0.15, 0.2) is 0 Å². The van der Waals surface area contributed by atoms with Crippen LogP contribution in [-0.4, -0.2) is 72.5 Å². The highest BCUT2D eigenvalue weighted by Gasteiger charge is 2.52. The van der Waals surface area contributed by atoms with Crippen LogP contribution in [0.4, 0.5) is 14.9 Å². The van der Waals surface area contributed by atoms with Crippen molar-refractivity contribution in [2.75, 3.05) is 44.2 Å². The molecule has 8 nitrogen and oxygen atoms in total. The Bertz CT molecular complexity index is 925. The molecule has 0 radical (unpaired) electrons. The maximum atomic E-state index is 14.1. The van der Waals surface area contributed by atoms with E-state index >= 15 is 0 Å². The summed E-state index contributed by atoms with van der Waals surface area (Å²) in [5, 5.41) is 5.84. The van der Waals surface area contributed by atoms with Crippen LogP contribution in [0.3, 0.4) is 0 Å². The second-order valence-electron chi connectivity index (χ2n) is 9.69. The summed E-state index contributed by atoms with van der Waals surface area (Å²) in [6, 6.07) is 4.05. The van der Waals surface area contributed by atoms with E-state index in [1.165, 1.54) is 17.0 Å². The van der Waals surface area contributed by atoms with Gasteiger partial charge >= 0.3 is 6.03 Å². The lowest BCUT2D eigenvalue weighted by Crippen LogP contribution is -2.46. The highest BCUT2D eigenvalue weighted by atomic mass is 19.1. The number of carbonyl (C=O) groups is 3. The number of hydrogen-bond acceptors (Lipinski definition) is 5. The number of halogens is 1. The van der Waals surface area contributed by atoms with Crippen LogP contribution in [0.1, 0.15) is 64.0 Å². The molecular formula is C25H36FN5O3. The van der Waals surface area contributed by atoms with Crippen LogP contribution in [0.25, 0.3) is 0 Å². The Balaban J connectivity index is 1.31. The van der Waals surface area contributed by atoms with Crippen molar-refractivity contribution in [2.24, 2.45) is 0 Å². The van der Waals surface area contributed by atoms with Crippen molar-refractivity contribution in [2.45, 2.75) is 64.0 Å². The largest absolute Gasteiger partial charge is 0.369 e. The number of imide groups is 1. The Morgan fingerprint density at radius 1 is 1.18 bits per heavy atom. The van der Waals surface area contributed by atoms with Gasteiger partial charge in [0.2, 0.25) is 5.91 Å². The van der Waals surface area contributed by atoms with Crippen molar-refractivity contribution in [3.05, 3.63) is 29.6 Å². The van der Waals surface area contributed by atoms with Gasteiger partial charge in [0, 0.05) is 50.4 Å². The Labute approximate surface area is 200 Å². The molecule has 1 aromatic carbocycles. The maximum Gasteiger partial charge on any atom is 0.325 e. The zero-order chi connectivity index (χ0) is 24.3. The van der Waals surface area contributed by atoms with E-state index in [-0.39, 0.29) is 42.7 Å².